The van der Waals surface area contributed by atoms with Crippen molar-refractivity contribution in [3.63, 3.8) is 0 Å². The second-order valence-electron chi connectivity index (χ2n) is 4.14. The predicted octanol–water partition coefficient (Wildman–Crippen LogP) is 1.97. The van der Waals surface area contributed by atoms with E-state index in [4.69, 9.17) is 9.52 Å². The lowest BCUT2D eigenvalue weighted by Crippen LogP contribution is -2.12. The molecule has 17 heavy (non-hydrogen) atoms. The molecule has 1 fully saturated rings. The van der Waals surface area contributed by atoms with Crippen LogP contribution >= 0.6 is 0 Å². The first kappa shape index (κ1) is 10.0. The highest BCUT2D eigenvalue weighted by atomic mass is 16.4. The fraction of sp³-hybridized carbons (Fsp3) is 0.250. The minimum atomic E-state index is -1.46. The molecule has 1 aliphatic rings. The van der Waals surface area contributed by atoms with Crippen molar-refractivity contribution in [1.29, 1.82) is 0 Å². The Labute approximate surface area is 96.1 Å². The summed E-state index contributed by atoms with van der Waals surface area (Å²) in [5.41, 5.74) is 1.26. The fourth-order valence-electron chi connectivity index (χ4n) is 1.71. The molecule has 1 aromatic heterocycles. The number of Topliss-reactive ketones (excluding diaryl/α,β-unsaturated/α-hetero) is 1. The first-order chi connectivity index (χ1) is 8.15. The zero-order valence-corrected chi connectivity index (χ0v) is 8.84. The van der Waals surface area contributed by atoms with Crippen LogP contribution in [0.25, 0.3) is 11.1 Å². The quantitative estimate of drug-likeness (QED) is 0.645. The van der Waals surface area contributed by atoms with Gasteiger partial charge in [0.05, 0.1) is 0 Å². The van der Waals surface area contributed by atoms with Crippen molar-refractivity contribution < 1.29 is 19.1 Å². The molecule has 3 rings (SSSR count). The SMILES string of the molecule is O=C(O)C(=O)c1ccc2oc(C3CC3)nc2c1. The van der Waals surface area contributed by atoms with E-state index in [1.54, 1.807) is 6.07 Å². The van der Waals surface area contributed by atoms with Crippen LogP contribution in [0.2, 0.25) is 0 Å². The van der Waals surface area contributed by atoms with E-state index in [1.165, 1.54) is 12.1 Å². The minimum Gasteiger partial charge on any atom is -0.475 e. The van der Waals surface area contributed by atoms with Gasteiger partial charge < -0.3 is 9.52 Å². The highest BCUT2D eigenvalue weighted by Gasteiger charge is 2.29. The van der Waals surface area contributed by atoms with E-state index >= 15 is 0 Å². The monoisotopic (exact) mass is 231 g/mol. The van der Waals surface area contributed by atoms with Gasteiger partial charge in [0.15, 0.2) is 11.5 Å². The highest BCUT2D eigenvalue weighted by molar-refractivity contribution is 6.40. The largest absolute Gasteiger partial charge is 0.475 e. The van der Waals surface area contributed by atoms with Crippen molar-refractivity contribution in [2.75, 3.05) is 0 Å². The number of carboxylic acid groups (broad SMARTS) is 1. The summed E-state index contributed by atoms with van der Waals surface area (Å²) in [7, 11) is 0. The summed E-state index contributed by atoms with van der Waals surface area (Å²) >= 11 is 0. The van der Waals surface area contributed by atoms with Gasteiger partial charge in [-0.25, -0.2) is 9.78 Å². The summed E-state index contributed by atoms with van der Waals surface area (Å²) in [6.45, 7) is 0. The summed E-state index contributed by atoms with van der Waals surface area (Å²) in [6, 6.07) is 4.49. The molecule has 0 saturated heterocycles. The summed E-state index contributed by atoms with van der Waals surface area (Å²) in [6.07, 6.45) is 2.15. The van der Waals surface area contributed by atoms with Gasteiger partial charge in [0.2, 0.25) is 0 Å². The van der Waals surface area contributed by atoms with Gasteiger partial charge in [0, 0.05) is 11.5 Å². The lowest BCUT2D eigenvalue weighted by Gasteiger charge is -1.93. The molecule has 0 spiro atoms. The third-order valence-corrected chi connectivity index (χ3v) is 2.79. The van der Waals surface area contributed by atoms with Crippen molar-refractivity contribution in [2.45, 2.75) is 18.8 Å². The van der Waals surface area contributed by atoms with E-state index in [2.05, 4.69) is 4.98 Å². The third-order valence-electron chi connectivity index (χ3n) is 2.79. The smallest absolute Gasteiger partial charge is 0.377 e. The van der Waals surface area contributed by atoms with E-state index < -0.39 is 11.8 Å². The highest BCUT2D eigenvalue weighted by Crippen LogP contribution is 2.40. The lowest BCUT2D eigenvalue weighted by molar-refractivity contribution is -0.131. The summed E-state index contributed by atoms with van der Waals surface area (Å²) in [5.74, 6) is -1.32. The molecular weight excluding hydrogens is 222 g/mol. The molecule has 2 aromatic rings. The first-order valence-corrected chi connectivity index (χ1v) is 5.33. The molecule has 86 valence electrons. The van der Waals surface area contributed by atoms with Crippen LogP contribution in [0.4, 0.5) is 0 Å². The zero-order valence-electron chi connectivity index (χ0n) is 8.84. The normalized spacial score (nSPS) is 15.1. The summed E-state index contributed by atoms with van der Waals surface area (Å²) in [5, 5.41) is 8.62. The number of carbonyl (C=O) groups excluding carboxylic acids is 1. The molecule has 1 heterocycles. The number of carboxylic acids is 1. The summed E-state index contributed by atoms with van der Waals surface area (Å²) in [4.78, 5) is 26.1. The number of aromatic nitrogens is 1. The molecule has 0 unspecified atom stereocenters. The molecule has 5 heteroatoms. The topological polar surface area (TPSA) is 80.4 Å². The maximum absolute atomic E-state index is 11.3. The average molecular weight is 231 g/mol. The molecule has 1 aromatic carbocycles. The number of hydrogen-bond acceptors (Lipinski definition) is 4. The van der Waals surface area contributed by atoms with Crippen LogP contribution in [0.5, 0.6) is 0 Å². The zero-order chi connectivity index (χ0) is 12.0. The van der Waals surface area contributed by atoms with Crippen LogP contribution in [-0.2, 0) is 4.79 Å². The van der Waals surface area contributed by atoms with Crippen molar-refractivity contribution in [2.24, 2.45) is 0 Å². The Balaban J connectivity index is 2.05. The van der Waals surface area contributed by atoms with E-state index in [1.807, 2.05) is 0 Å². The van der Waals surface area contributed by atoms with E-state index in [0.717, 1.165) is 12.8 Å². The van der Waals surface area contributed by atoms with Gasteiger partial charge in [-0.2, -0.15) is 0 Å². The van der Waals surface area contributed by atoms with Crippen LogP contribution in [0.1, 0.15) is 35.0 Å². The molecule has 0 amide bonds. The van der Waals surface area contributed by atoms with Crippen molar-refractivity contribution >= 4 is 22.9 Å². The molecule has 0 aliphatic heterocycles. The second-order valence-corrected chi connectivity index (χ2v) is 4.14. The molecule has 0 radical (unpaired) electrons. The predicted molar refractivity (Wildman–Crippen MR) is 58.0 cm³/mol. The molecule has 1 saturated carbocycles. The Morgan fingerprint density at radius 1 is 1.35 bits per heavy atom. The number of ketones is 1. The number of oxazole rings is 1. The number of benzene rings is 1. The number of nitrogens with zero attached hydrogens (tertiary/aromatic N) is 1. The molecule has 0 bridgehead atoms. The average Bonchev–Trinajstić information content (AvgIpc) is 3.07. The van der Waals surface area contributed by atoms with Gasteiger partial charge in [-0.1, -0.05) is 0 Å². The van der Waals surface area contributed by atoms with Crippen LogP contribution in [0, 0.1) is 0 Å². The number of carbonyl (C=O) groups is 2. The van der Waals surface area contributed by atoms with Gasteiger partial charge in [0.25, 0.3) is 5.78 Å². The third kappa shape index (κ3) is 1.69. The molecule has 5 nitrogen and oxygen atoms in total. The van der Waals surface area contributed by atoms with E-state index in [0.29, 0.717) is 22.9 Å². The van der Waals surface area contributed by atoms with Crippen molar-refractivity contribution in [1.82, 2.24) is 4.98 Å². The molecule has 1 aliphatic carbocycles. The van der Waals surface area contributed by atoms with Gasteiger partial charge in [-0.3, -0.25) is 4.79 Å². The van der Waals surface area contributed by atoms with Crippen LogP contribution < -0.4 is 0 Å². The second kappa shape index (κ2) is 3.41. The van der Waals surface area contributed by atoms with Gasteiger partial charge in [-0.05, 0) is 31.0 Å². The Morgan fingerprint density at radius 3 is 2.76 bits per heavy atom. The summed E-state index contributed by atoms with van der Waals surface area (Å²) < 4.78 is 5.52. The van der Waals surface area contributed by atoms with Crippen LogP contribution in [0.3, 0.4) is 0 Å². The maximum Gasteiger partial charge on any atom is 0.377 e. The van der Waals surface area contributed by atoms with E-state index in [9.17, 15) is 9.59 Å². The molecule has 0 atom stereocenters. The van der Waals surface area contributed by atoms with Gasteiger partial charge >= 0.3 is 5.97 Å². The van der Waals surface area contributed by atoms with Gasteiger partial charge in [-0.15, -0.1) is 0 Å². The molecular formula is C12H9NO4. The first-order valence-electron chi connectivity index (χ1n) is 5.33. The minimum absolute atomic E-state index is 0.126. The van der Waals surface area contributed by atoms with Crippen molar-refractivity contribution in [3.05, 3.63) is 29.7 Å². The van der Waals surface area contributed by atoms with Crippen LogP contribution in [-0.4, -0.2) is 21.8 Å². The Kier molecular flexibility index (Phi) is 2.01. The Morgan fingerprint density at radius 2 is 2.12 bits per heavy atom. The maximum atomic E-state index is 11.3. The number of hydrogen-bond donors (Lipinski definition) is 1. The Hall–Kier alpha value is -2.17. The van der Waals surface area contributed by atoms with Crippen LogP contribution in [0.15, 0.2) is 22.6 Å². The van der Waals surface area contributed by atoms with Gasteiger partial charge in [0.1, 0.15) is 5.52 Å². The standard InChI is InChI=1S/C12H9NO4/c14-10(12(15)16)7-3-4-9-8(5-7)13-11(17-9)6-1-2-6/h3-6H,1-2H2,(H,15,16). The number of fused-ring (bicyclic) bond motifs is 1. The lowest BCUT2D eigenvalue weighted by atomic mass is 10.1. The van der Waals surface area contributed by atoms with Crippen molar-refractivity contribution in [3.8, 4) is 0 Å². The number of aliphatic carboxylic acids is 1. The fourth-order valence-corrected chi connectivity index (χ4v) is 1.71. The molecule has 1 N–H and O–H groups in total. The van der Waals surface area contributed by atoms with E-state index in [-0.39, 0.29) is 5.56 Å². The Bertz CT molecular complexity index is 624. The number of rotatable bonds is 3.